The fourth-order valence-electron chi connectivity index (χ4n) is 3.26. The van der Waals surface area contributed by atoms with Gasteiger partial charge in [0.1, 0.15) is 0 Å². The molecular formula is C19H32N2. The second kappa shape index (κ2) is 7.42. The molecule has 0 aliphatic carbocycles. The normalized spacial score (nSPS) is 25.2. The molecule has 2 nitrogen and oxygen atoms in total. The van der Waals surface area contributed by atoms with E-state index < -0.39 is 0 Å². The van der Waals surface area contributed by atoms with Crippen molar-refractivity contribution >= 4 is 0 Å². The van der Waals surface area contributed by atoms with Crippen LogP contribution in [-0.4, -0.2) is 30.1 Å². The lowest BCUT2D eigenvalue weighted by atomic mass is 9.94. The number of hydrogen-bond donors (Lipinski definition) is 1. The predicted octanol–water partition coefficient (Wildman–Crippen LogP) is 4.02. The van der Waals surface area contributed by atoms with Gasteiger partial charge < -0.3 is 5.32 Å². The summed E-state index contributed by atoms with van der Waals surface area (Å²) in [6.07, 6.45) is 1.25. The van der Waals surface area contributed by atoms with Gasteiger partial charge in [0.2, 0.25) is 0 Å². The molecule has 1 aromatic carbocycles. The summed E-state index contributed by atoms with van der Waals surface area (Å²) in [7, 11) is 0. The van der Waals surface area contributed by atoms with Crippen LogP contribution in [0, 0.1) is 5.92 Å². The van der Waals surface area contributed by atoms with Gasteiger partial charge in [-0.15, -0.1) is 0 Å². The standard InChI is InChI=1S/C19H32N2/c1-6-15(4)19-11-20-16(5)12-21(19)13-17-7-9-18(10-8-17)14(2)3/h7-10,14-16,19-20H,6,11-13H2,1-5H3. The maximum absolute atomic E-state index is 3.65. The van der Waals surface area contributed by atoms with E-state index in [0.29, 0.717) is 18.0 Å². The summed E-state index contributed by atoms with van der Waals surface area (Å²) in [4.78, 5) is 2.68. The van der Waals surface area contributed by atoms with Crippen molar-refractivity contribution in [2.24, 2.45) is 5.92 Å². The van der Waals surface area contributed by atoms with E-state index >= 15 is 0 Å². The molecule has 1 aliphatic heterocycles. The van der Waals surface area contributed by atoms with E-state index in [4.69, 9.17) is 0 Å². The molecule has 1 N–H and O–H groups in total. The minimum absolute atomic E-state index is 0.597. The molecule has 1 aromatic rings. The molecular weight excluding hydrogens is 256 g/mol. The number of rotatable bonds is 5. The molecule has 0 aromatic heterocycles. The molecule has 0 bridgehead atoms. The van der Waals surface area contributed by atoms with Gasteiger partial charge in [-0.2, -0.15) is 0 Å². The summed E-state index contributed by atoms with van der Waals surface area (Å²) in [5.74, 6) is 1.37. The first-order chi connectivity index (χ1) is 10.0. The van der Waals surface area contributed by atoms with Gasteiger partial charge in [-0.1, -0.05) is 58.4 Å². The van der Waals surface area contributed by atoms with Crippen LogP contribution in [0.5, 0.6) is 0 Å². The third kappa shape index (κ3) is 4.31. The molecule has 3 unspecified atom stereocenters. The number of nitrogens with one attached hydrogen (secondary N) is 1. The molecule has 1 fully saturated rings. The summed E-state index contributed by atoms with van der Waals surface area (Å²) in [5, 5.41) is 3.65. The van der Waals surface area contributed by atoms with Gasteiger partial charge in [-0.3, -0.25) is 4.90 Å². The Morgan fingerprint density at radius 3 is 2.43 bits per heavy atom. The predicted molar refractivity (Wildman–Crippen MR) is 91.6 cm³/mol. The molecule has 2 rings (SSSR count). The second-order valence-electron chi connectivity index (χ2n) is 7.09. The molecule has 0 amide bonds. The minimum atomic E-state index is 0.597. The average molecular weight is 288 g/mol. The van der Waals surface area contributed by atoms with Crippen LogP contribution >= 0.6 is 0 Å². The molecule has 1 aliphatic rings. The van der Waals surface area contributed by atoms with Crippen LogP contribution in [-0.2, 0) is 6.54 Å². The Hall–Kier alpha value is -0.860. The van der Waals surface area contributed by atoms with Crippen molar-refractivity contribution in [3.05, 3.63) is 35.4 Å². The zero-order chi connectivity index (χ0) is 15.4. The quantitative estimate of drug-likeness (QED) is 0.880. The number of nitrogens with zero attached hydrogens (tertiary/aromatic N) is 1. The van der Waals surface area contributed by atoms with Crippen LogP contribution in [0.25, 0.3) is 0 Å². The van der Waals surface area contributed by atoms with Gasteiger partial charge in [0.05, 0.1) is 0 Å². The van der Waals surface area contributed by atoms with Gasteiger partial charge in [-0.05, 0) is 29.9 Å². The molecule has 3 atom stereocenters. The third-order valence-corrected chi connectivity index (χ3v) is 4.99. The molecule has 1 heterocycles. The average Bonchev–Trinajstić information content (AvgIpc) is 2.47. The van der Waals surface area contributed by atoms with Crippen LogP contribution in [0.4, 0.5) is 0 Å². The van der Waals surface area contributed by atoms with Crippen molar-refractivity contribution in [2.75, 3.05) is 13.1 Å². The zero-order valence-electron chi connectivity index (χ0n) is 14.4. The van der Waals surface area contributed by atoms with Crippen LogP contribution in [0.1, 0.15) is 58.1 Å². The number of piperazine rings is 1. The van der Waals surface area contributed by atoms with E-state index in [0.717, 1.165) is 25.6 Å². The molecule has 118 valence electrons. The smallest absolute Gasteiger partial charge is 0.0250 e. The van der Waals surface area contributed by atoms with E-state index in [1.807, 2.05) is 0 Å². The van der Waals surface area contributed by atoms with Crippen LogP contribution in [0.15, 0.2) is 24.3 Å². The van der Waals surface area contributed by atoms with E-state index in [1.54, 1.807) is 0 Å². The van der Waals surface area contributed by atoms with Crippen molar-refractivity contribution in [2.45, 2.75) is 65.6 Å². The van der Waals surface area contributed by atoms with E-state index in [-0.39, 0.29) is 0 Å². The lowest BCUT2D eigenvalue weighted by Gasteiger charge is -2.42. The van der Waals surface area contributed by atoms with Crippen molar-refractivity contribution in [1.82, 2.24) is 10.2 Å². The van der Waals surface area contributed by atoms with Crippen LogP contribution in [0.3, 0.4) is 0 Å². The summed E-state index contributed by atoms with van der Waals surface area (Å²) < 4.78 is 0. The molecule has 21 heavy (non-hydrogen) atoms. The minimum Gasteiger partial charge on any atom is -0.311 e. The van der Waals surface area contributed by atoms with Gasteiger partial charge >= 0.3 is 0 Å². The van der Waals surface area contributed by atoms with E-state index in [9.17, 15) is 0 Å². The Balaban J connectivity index is 2.06. The Bertz CT molecular complexity index is 424. The highest BCUT2D eigenvalue weighted by atomic mass is 15.2. The fraction of sp³-hybridized carbons (Fsp3) is 0.684. The highest BCUT2D eigenvalue weighted by Crippen LogP contribution is 2.22. The molecule has 1 saturated heterocycles. The lowest BCUT2D eigenvalue weighted by molar-refractivity contribution is 0.0885. The Morgan fingerprint density at radius 2 is 1.86 bits per heavy atom. The topological polar surface area (TPSA) is 15.3 Å². The monoisotopic (exact) mass is 288 g/mol. The Kier molecular flexibility index (Phi) is 5.83. The summed E-state index contributed by atoms with van der Waals surface area (Å²) in [5.41, 5.74) is 2.88. The second-order valence-corrected chi connectivity index (χ2v) is 7.09. The number of benzene rings is 1. The van der Waals surface area contributed by atoms with Crippen molar-refractivity contribution in [1.29, 1.82) is 0 Å². The summed E-state index contributed by atoms with van der Waals surface area (Å²) in [6, 6.07) is 10.5. The van der Waals surface area contributed by atoms with Crippen molar-refractivity contribution in [3.8, 4) is 0 Å². The largest absolute Gasteiger partial charge is 0.311 e. The first-order valence-corrected chi connectivity index (χ1v) is 8.57. The maximum Gasteiger partial charge on any atom is 0.0250 e. The molecule has 2 heteroatoms. The fourth-order valence-corrected chi connectivity index (χ4v) is 3.26. The Labute approximate surface area is 130 Å². The first-order valence-electron chi connectivity index (χ1n) is 8.57. The number of hydrogen-bond acceptors (Lipinski definition) is 2. The highest BCUT2D eigenvalue weighted by molar-refractivity contribution is 5.24. The summed E-state index contributed by atoms with van der Waals surface area (Å²) in [6.45, 7) is 14.9. The lowest BCUT2D eigenvalue weighted by Crippen LogP contribution is -2.57. The van der Waals surface area contributed by atoms with Gasteiger partial charge in [-0.25, -0.2) is 0 Å². The molecule has 0 radical (unpaired) electrons. The summed E-state index contributed by atoms with van der Waals surface area (Å²) >= 11 is 0. The van der Waals surface area contributed by atoms with Crippen molar-refractivity contribution < 1.29 is 0 Å². The van der Waals surface area contributed by atoms with Crippen LogP contribution in [0.2, 0.25) is 0 Å². The van der Waals surface area contributed by atoms with E-state index in [2.05, 4.69) is 69.1 Å². The van der Waals surface area contributed by atoms with Gasteiger partial charge in [0.25, 0.3) is 0 Å². The van der Waals surface area contributed by atoms with Crippen LogP contribution < -0.4 is 5.32 Å². The highest BCUT2D eigenvalue weighted by Gasteiger charge is 2.28. The Morgan fingerprint density at radius 1 is 1.19 bits per heavy atom. The SMILES string of the molecule is CCC(C)C1CNC(C)CN1Cc1ccc(C(C)C)cc1. The molecule has 0 spiro atoms. The van der Waals surface area contributed by atoms with E-state index in [1.165, 1.54) is 17.5 Å². The first kappa shape index (κ1) is 16.5. The zero-order valence-corrected chi connectivity index (χ0v) is 14.4. The van der Waals surface area contributed by atoms with Gasteiger partial charge in [0.15, 0.2) is 0 Å². The maximum atomic E-state index is 3.65. The van der Waals surface area contributed by atoms with Gasteiger partial charge in [0, 0.05) is 31.7 Å². The third-order valence-electron chi connectivity index (χ3n) is 4.99. The van der Waals surface area contributed by atoms with Crippen molar-refractivity contribution in [3.63, 3.8) is 0 Å². The molecule has 0 saturated carbocycles.